The van der Waals surface area contributed by atoms with E-state index in [-0.39, 0.29) is 0 Å². The molecule has 5 heteroatoms. The number of nitrogens with zero attached hydrogens (tertiary/aromatic N) is 2. The van der Waals surface area contributed by atoms with Crippen molar-refractivity contribution in [1.29, 1.82) is 5.26 Å². The maximum absolute atomic E-state index is 8.92. The predicted octanol–water partition coefficient (Wildman–Crippen LogP) is 3.85. The normalized spacial score (nSPS) is 10.2. The molecule has 110 valence electrons. The molecule has 0 spiro atoms. The van der Waals surface area contributed by atoms with Gasteiger partial charge in [0.2, 0.25) is 0 Å². The minimum Gasteiger partial charge on any atom is -0.493 e. The van der Waals surface area contributed by atoms with Gasteiger partial charge in [0.1, 0.15) is 5.01 Å². The number of aromatic nitrogens is 1. The first-order chi connectivity index (χ1) is 10.2. The molecule has 0 fully saturated rings. The molecular weight excluding hydrogens is 284 g/mol. The summed E-state index contributed by atoms with van der Waals surface area (Å²) >= 11 is 1.55. The summed E-state index contributed by atoms with van der Waals surface area (Å²) in [6.45, 7) is 4.55. The van der Waals surface area contributed by atoms with E-state index in [4.69, 9.17) is 14.7 Å². The summed E-state index contributed by atoms with van der Waals surface area (Å²) in [6, 6.07) is 7.97. The number of thiazole rings is 1. The molecule has 0 saturated carbocycles. The number of methoxy groups -OCH3 is 1. The van der Waals surface area contributed by atoms with E-state index in [0.29, 0.717) is 24.5 Å². The Morgan fingerprint density at radius 2 is 2.14 bits per heavy atom. The largest absolute Gasteiger partial charge is 0.493 e. The molecule has 4 nitrogen and oxygen atoms in total. The van der Waals surface area contributed by atoms with Crippen molar-refractivity contribution in [2.75, 3.05) is 13.7 Å². The van der Waals surface area contributed by atoms with Gasteiger partial charge in [-0.15, -0.1) is 11.3 Å². The van der Waals surface area contributed by atoms with Gasteiger partial charge in [-0.1, -0.05) is 13.0 Å². The average molecular weight is 302 g/mol. The smallest absolute Gasteiger partial charge is 0.171 e. The molecule has 0 bridgehead atoms. The zero-order valence-corrected chi connectivity index (χ0v) is 13.3. The van der Waals surface area contributed by atoms with Gasteiger partial charge in [-0.2, -0.15) is 5.26 Å². The highest BCUT2D eigenvalue weighted by Gasteiger charge is 2.17. The van der Waals surface area contributed by atoms with Gasteiger partial charge in [-0.3, -0.25) is 0 Å². The molecule has 0 aliphatic heterocycles. The van der Waals surface area contributed by atoms with Crippen LogP contribution in [0.1, 0.15) is 24.4 Å². The lowest BCUT2D eigenvalue weighted by Gasteiger charge is -2.12. The van der Waals surface area contributed by atoms with E-state index in [2.05, 4.69) is 18.0 Å². The first kappa shape index (κ1) is 15.3. The Kier molecular flexibility index (Phi) is 5.18. The maximum atomic E-state index is 8.92. The Morgan fingerprint density at radius 3 is 2.76 bits per heavy atom. The van der Waals surface area contributed by atoms with Crippen molar-refractivity contribution in [3.8, 4) is 28.1 Å². The lowest BCUT2D eigenvalue weighted by molar-refractivity contribution is 0.312. The number of rotatable bonds is 6. The molecule has 2 rings (SSSR count). The number of benzene rings is 1. The van der Waals surface area contributed by atoms with Crippen molar-refractivity contribution in [2.45, 2.75) is 26.7 Å². The van der Waals surface area contributed by atoms with Crippen molar-refractivity contribution in [3.05, 3.63) is 28.8 Å². The summed E-state index contributed by atoms with van der Waals surface area (Å²) < 4.78 is 11.1. The second-order valence-corrected chi connectivity index (χ2v) is 5.43. The summed E-state index contributed by atoms with van der Waals surface area (Å²) in [5.41, 5.74) is 1.90. The van der Waals surface area contributed by atoms with Crippen LogP contribution in [-0.4, -0.2) is 18.7 Å². The summed E-state index contributed by atoms with van der Waals surface area (Å²) in [7, 11) is 1.63. The average Bonchev–Trinajstić information content (AvgIpc) is 2.91. The van der Waals surface area contributed by atoms with Gasteiger partial charge < -0.3 is 9.47 Å². The van der Waals surface area contributed by atoms with Crippen LogP contribution in [0, 0.1) is 11.3 Å². The van der Waals surface area contributed by atoms with Crippen molar-refractivity contribution in [3.63, 3.8) is 0 Å². The summed E-state index contributed by atoms with van der Waals surface area (Å²) in [5.74, 6) is 1.41. The molecule has 0 aliphatic carbocycles. The molecule has 1 aromatic heterocycles. The van der Waals surface area contributed by atoms with Crippen LogP contribution in [-0.2, 0) is 12.8 Å². The standard InChI is InChI=1S/C16H18N2O2S/c1-4-12-14(9-10-17)21-16(18-12)11-7-6-8-13(19-3)15(11)20-5-2/h6-8H,4-5,9H2,1-3H3. The van der Waals surface area contributed by atoms with E-state index in [1.165, 1.54) is 0 Å². The zero-order valence-electron chi connectivity index (χ0n) is 12.5. The van der Waals surface area contributed by atoms with Crippen LogP contribution in [0.2, 0.25) is 0 Å². The fraction of sp³-hybridized carbons (Fsp3) is 0.375. The Morgan fingerprint density at radius 1 is 1.33 bits per heavy atom. The molecular formula is C16H18N2O2S. The predicted molar refractivity (Wildman–Crippen MR) is 84.0 cm³/mol. The number of hydrogen-bond donors (Lipinski definition) is 0. The monoisotopic (exact) mass is 302 g/mol. The van der Waals surface area contributed by atoms with E-state index < -0.39 is 0 Å². The van der Waals surface area contributed by atoms with Crippen LogP contribution >= 0.6 is 11.3 Å². The molecule has 0 amide bonds. The summed E-state index contributed by atoms with van der Waals surface area (Å²) in [6.07, 6.45) is 1.22. The van der Waals surface area contributed by atoms with Crippen LogP contribution in [0.3, 0.4) is 0 Å². The lowest BCUT2D eigenvalue weighted by Crippen LogP contribution is -1.97. The molecule has 1 aromatic carbocycles. The highest BCUT2D eigenvalue weighted by molar-refractivity contribution is 7.15. The number of para-hydroxylation sites is 1. The molecule has 0 saturated heterocycles. The van der Waals surface area contributed by atoms with Crippen molar-refractivity contribution < 1.29 is 9.47 Å². The molecule has 0 aliphatic rings. The minimum atomic E-state index is 0.398. The van der Waals surface area contributed by atoms with Gasteiger partial charge in [0.15, 0.2) is 11.5 Å². The minimum absolute atomic E-state index is 0.398. The fourth-order valence-corrected chi connectivity index (χ4v) is 3.23. The topological polar surface area (TPSA) is 55.1 Å². The fourth-order valence-electron chi connectivity index (χ4n) is 2.12. The van der Waals surface area contributed by atoms with Crippen LogP contribution in [0.15, 0.2) is 18.2 Å². The summed E-state index contributed by atoms with van der Waals surface area (Å²) in [5, 5.41) is 9.80. The Labute approximate surface area is 129 Å². The lowest BCUT2D eigenvalue weighted by atomic mass is 10.2. The third kappa shape index (κ3) is 3.17. The molecule has 0 unspecified atom stereocenters. The van der Waals surface area contributed by atoms with Gasteiger partial charge >= 0.3 is 0 Å². The quantitative estimate of drug-likeness (QED) is 0.813. The SMILES string of the molecule is CCOc1c(OC)cccc1-c1nc(CC)c(CC#N)s1. The van der Waals surface area contributed by atoms with Crippen molar-refractivity contribution in [1.82, 2.24) is 4.98 Å². The Hall–Kier alpha value is -2.06. The molecule has 2 aromatic rings. The highest BCUT2D eigenvalue weighted by Crippen LogP contribution is 2.40. The van der Waals surface area contributed by atoms with Gasteiger partial charge in [-0.25, -0.2) is 4.98 Å². The summed E-state index contributed by atoms with van der Waals surface area (Å²) in [4.78, 5) is 5.70. The molecule has 0 radical (unpaired) electrons. The van der Waals surface area contributed by atoms with Gasteiger partial charge in [0.05, 0.1) is 37.5 Å². The van der Waals surface area contributed by atoms with Crippen LogP contribution in [0.25, 0.3) is 10.6 Å². The van der Waals surface area contributed by atoms with Crippen molar-refractivity contribution >= 4 is 11.3 Å². The van der Waals surface area contributed by atoms with E-state index in [9.17, 15) is 0 Å². The van der Waals surface area contributed by atoms with Crippen LogP contribution in [0.4, 0.5) is 0 Å². The third-order valence-corrected chi connectivity index (χ3v) is 4.20. The van der Waals surface area contributed by atoms with E-state index >= 15 is 0 Å². The van der Waals surface area contributed by atoms with Gasteiger partial charge in [-0.05, 0) is 25.5 Å². The zero-order chi connectivity index (χ0) is 15.2. The van der Waals surface area contributed by atoms with E-state index in [0.717, 1.165) is 27.6 Å². The second kappa shape index (κ2) is 7.09. The third-order valence-electron chi connectivity index (χ3n) is 3.07. The van der Waals surface area contributed by atoms with Crippen LogP contribution in [0.5, 0.6) is 11.5 Å². The van der Waals surface area contributed by atoms with Crippen molar-refractivity contribution in [2.24, 2.45) is 0 Å². The second-order valence-electron chi connectivity index (χ2n) is 4.35. The van der Waals surface area contributed by atoms with Gasteiger partial charge in [0, 0.05) is 4.88 Å². The first-order valence-corrected chi connectivity index (χ1v) is 7.72. The molecule has 1 heterocycles. The Bertz CT molecular complexity index is 659. The van der Waals surface area contributed by atoms with Crippen LogP contribution < -0.4 is 9.47 Å². The highest BCUT2D eigenvalue weighted by atomic mass is 32.1. The molecule has 0 N–H and O–H groups in total. The Balaban J connectivity index is 2.53. The maximum Gasteiger partial charge on any atom is 0.171 e. The number of aryl methyl sites for hydroxylation is 1. The van der Waals surface area contributed by atoms with Gasteiger partial charge in [0.25, 0.3) is 0 Å². The molecule has 0 atom stereocenters. The van der Waals surface area contributed by atoms with E-state index in [1.54, 1.807) is 18.4 Å². The number of nitriles is 1. The van der Waals surface area contributed by atoms with E-state index in [1.807, 2.05) is 25.1 Å². The first-order valence-electron chi connectivity index (χ1n) is 6.90. The number of hydrogen-bond acceptors (Lipinski definition) is 5. The molecule has 21 heavy (non-hydrogen) atoms. The number of ether oxygens (including phenoxy) is 2.